The molecule has 4 aromatic rings. The van der Waals surface area contributed by atoms with Crippen molar-refractivity contribution in [3.8, 4) is 34.5 Å². The second-order valence-corrected chi connectivity index (χ2v) is 15.7. The summed E-state index contributed by atoms with van der Waals surface area (Å²) in [5.41, 5.74) is 4.36. The van der Waals surface area contributed by atoms with Crippen molar-refractivity contribution in [2.45, 2.75) is 104 Å². The SMILES string of the molecule is C=C(C)C.C=C(C)C=O.CCC1CCC(CCC2CCC(c3ccc(Oc4ccc(OC)cc4)cc3)(c3ccc(Oc4ccc(OC=O)cc4)cc3)CC2)CC1. The smallest absolute Gasteiger partial charge is 0.298 e. The third-order valence-electron chi connectivity index (χ3n) is 11.0. The van der Waals surface area contributed by atoms with Crippen LogP contribution in [-0.2, 0) is 15.0 Å². The first kappa shape index (κ1) is 43.6. The van der Waals surface area contributed by atoms with Crippen LogP contribution in [0.25, 0.3) is 0 Å². The topological polar surface area (TPSA) is 71.1 Å². The van der Waals surface area contributed by atoms with E-state index in [0.717, 1.165) is 59.9 Å². The summed E-state index contributed by atoms with van der Waals surface area (Å²) in [5, 5.41) is 0. The number of hydrogen-bond acceptors (Lipinski definition) is 6. The molecule has 2 aliphatic carbocycles. The fourth-order valence-corrected chi connectivity index (χ4v) is 7.84. The van der Waals surface area contributed by atoms with Gasteiger partial charge >= 0.3 is 0 Å². The lowest BCUT2D eigenvalue weighted by Gasteiger charge is -2.42. The Morgan fingerprint density at radius 1 is 0.589 bits per heavy atom. The number of carbonyl (C=O) groups is 2. The number of benzene rings is 4. The van der Waals surface area contributed by atoms with E-state index in [-0.39, 0.29) is 5.41 Å². The molecule has 0 atom stereocenters. The summed E-state index contributed by atoms with van der Waals surface area (Å²) in [4.78, 5) is 20.0. The Bertz CT molecular complexity index is 1770. The minimum Gasteiger partial charge on any atom is -0.497 e. The van der Waals surface area contributed by atoms with E-state index < -0.39 is 0 Å². The summed E-state index contributed by atoms with van der Waals surface area (Å²) in [6.45, 7) is 15.2. The monoisotopic (exact) mass is 758 g/mol. The quantitative estimate of drug-likeness (QED) is 0.0724. The Morgan fingerprint density at radius 3 is 1.29 bits per heavy atom. The second kappa shape index (κ2) is 22.5. The van der Waals surface area contributed by atoms with Crippen molar-refractivity contribution in [2.75, 3.05) is 7.11 Å². The van der Waals surface area contributed by atoms with Crippen LogP contribution in [0.1, 0.15) is 109 Å². The summed E-state index contributed by atoms with van der Waals surface area (Å²) in [6.07, 6.45) is 15.4. The maximum atomic E-state index is 10.6. The van der Waals surface area contributed by atoms with Gasteiger partial charge in [0.2, 0.25) is 0 Å². The Kier molecular flexibility index (Phi) is 17.5. The zero-order chi connectivity index (χ0) is 40.3. The van der Waals surface area contributed by atoms with E-state index in [9.17, 15) is 9.59 Å². The zero-order valence-corrected chi connectivity index (χ0v) is 34.3. The first-order valence-corrected chi connectivity index (χ1v) is 20.2. The molecule has 0 unspecified atom stereocenters. The molecule has 0 heterocycles. The highest BCUT2D eigenvalue weighted by molar-refractivity contribution is 5.70. The number of methoxy groups -OCH3 is 1. The van der Waals surface area contributed by atoms with E-state index in [0.29, 0.717) is 23.5 Å². The molecule has 6 rings (SSSR count). The van der Waals surface area contributed by atoms with E-state index in [1.165, 1.54) is 74.5 Å². The predicted molar refractivity (Wildman–Crippen MR) is 228 cm³/mol. The molecule has 6 nitrogen and oxygen atoms in total. The Hall–Kier alpha value is -5.10. The molecule has 0 N–H and O–H groups in total. The fraction of sp³-hybridized carbons (Fsp3) is 0.400. The van der Waals surface area contributed by atoms with E-state index in [2.05, 4.69) is 68.6 Å². The van der Waals surface area contributed by atoms with Crippen LogP contribution in [0.4, 0.5) is 0 Å². The summed E-state index contributed by atoms with van der Waals surface area (Å²) in [7, 11) is 1.67. The molecule has 298 valence electrons. The van der Waals surface area contributed by atoms with Gasteiger partial charge in [0.1, 0.15) is 40.8 Å². The first-order chi connectivity index (χ1) is 27.1. The highest BCUT2D eigenvalue weighted by atomic mass is 16.5. The lowest BCUT2D eigenvalue weighted by molar-refractivity contribution is -0.120. The number of carbonyl (C=O) groups excluding carboxylic acids is 2. The van der Waals surface area contributed by atoms with E-state index in [1.54, 1.807) is 38.3 Å². The number of hydrogen-bond donors (Lipinski definition) is 0. The Morgan fingerprint density at radius 2 is 0.929 bits per heavy atom. The number of ether oxygens (including phenoxy) is 4. The largest absolute Gasteiger partial charge is 0.497 e. The maximum Gasteiger partial charge on any atom is 0.298 e. The molecule has 2 fully saturated rings. The molecular weight excluding hydrogens is 697 g/mol. The van der Waals surface area contributed by atoms with Crippen LogP contribution in [0.3, 0.4) is 0 Å². The fourth-order valence-electron chi connectivity index (χ4n) is 7.84. The number of rotatable bonds is 14. The molecule has 0 radical (unpaired) electrons. The molecule has 4 aromatic carbocycles. The third-order valence-corrected chi connectivity index (χ3v) is 11.0. The van der Waals surface area contributed by atoms with Gasteiger partial charge in [0.05, 0.1) is 7.11 Å². The molecule has 2 saturated carbocycles. The van der Waals surface area contributed by atoms with Gasteiger partial charge in [0, 0.05) is 5.41 Å². The summed E-state index contributed by atoms with van der Waals surface area (Å²) < 4.78 is 22.5. The van der Waals surface area contributed by atoms with Gasteiger partial charge in [-0.15, -0.1) is 6.58 Å². The van der Waals surface area contributed by atoms with E-state index >= 15 is 0 Å². The molecule has 6 heteroatoms. The van der Waals surface area contributed by atoms with Gasteiger partial charge < -0.3 is 18.9 Å². The Labute approximate surface area is 335 Å². The van der Waals surface area contributed by atoms with Crippen LogP contribution in [0.2, 0.25) is 0 Å². The lowest BCUT2D eigenvalue weighted by Crippen LogP contribution is -2.33. The average Bonchev–Trinajstić information content (AvgIpc) is 3.22. The normalized spacial score (nSPS) is 20.1. The molecule has 0 saturated heterocycles. The minimum atomic E-state index is -0.0549. The molecular formula is C50H62O6. The van der Waals surface area contributed by atoms with Crippen molar-refractivity contribution in [2.24, 2.45) is 17.8 Å². The highest BCUT2D eigenvalue weighted by Crippen LogP contribution is 2.49. The molecule has 2 aliphatic rings. The van der Waals surface area contributed by atoms with Gasteiger partial charge in [-0.2, -0.15) is 0 Å². The van der Waals surface area contributed by atoms with Crippen molar-refractivity contribution < 1.29 is 28.5 Å². The van der Waals surface area contributed by atoms with Crippen LogP contribution in [0.15, 0.2) is 121 Å². The van der Waals surface area contributed by atoms with Crippen molar-refractivity contribution in [1.29, 1.82) is 0 Å². The van der Waals surface area contributed by atoms with Gasteiger partial charge in [-0.05, 0) is 154 Å². The third kappa shape index (κ3) is 13.6. The number of aldehydes is 1. The summed E-state index contributed by atoms with van der Waals surface area (Å²) >= 11 is 0. The van der Waals surface area contributed by atoms with E-state index in [4.69, 9.17) is 18.9 Å². The van der Waals surface area contributed by atoms with Gasteiger partial charge in [-0.3, -0.25) is 9.59 Å². The van der Waals surface area contributed by atoms with Crippen molar-refractivity contribution >= 4 is 12.8 Å². The van der Waals surface area contributed by atoms with Gasteiger partial charge in [-0.25, -0.2) is 0 Å². The molecule has 0 amide bonds. The summed E-state index contributed by atoms with van der Waals surface area (Å²) in [5.74, 6) is 7.10. The summed E-state index contributed by atoms with van der Waals surface area (Å²) in [6, 6.07) is 32.1. The van der Waals surface area contributed by atoms with Crippen LogP contribution in [-0.4, -0.2) is 19.9 Å². The van der Waals surface area contributed by atoms with Crippen molar-refractivity contribution in [3.63, 3.8) is 0 Å². The van der Waals surface area contributed by atoms with Crippen molar-refractivity contribution in [3.05, 3.63) is 132 Å². The second-order valence-electron chi connectivity index (χ2n) is 15.7. The number of allylic oxidation sites excluding steroid dienone is 2. The van der Waals surface area contributed by atoms with Crippen LogP contribution < -0.4 is 18.9 Å². The molecule has 56 heavy (non-hydrogen) atoms. The van der Waals surface area contributed by atoms with Gasteiger partial charge in [0.15, 0.2) is 0 Å². The van der Waals surface area contributed by atoms with Gasteiger partial charge in [0.25, 0.3) is 6.47 Å². The first-order valence-electron chi connectivity index (χ1n) is 20.2. The Balaban J connectivity index is 0.000000698. The minimum absolute atomic E-state index is 0.0549. The van der Waals surface area contributed by atoms with Gasteiger partial charge in [-0.1, -0.05) is 88.3 Å². The zero-order valence-electron chi connectivity index (χ0n) is 34.3. The molecule has 0 spiro atoms. The van der Waals surface area contributed by atoms with Crippen LogP contribution in [0.5, 0.6) is 34.5 Å². The molecule has 0 aliphatic heterocycles. The average molecular weight is 759 g/mol. The standard InChI is InChI=1S/C42H48O5.C4H6O.C4H8/c1-3-31-4-6-32(7-5-31)8-9-33-26-28-42(29-27-33,34-10-14-38(15-11-34)46-40-22-18-36(44-2)19-23-40)35-12-16-39(17-13-35)47-41-24-20-37(21-25-41)45-30-43;1-4(2)3-5;1-4(2)3/h10-25,30-33H,3-9,26-29H2,1-2H3;3H,1H2,2H3;1H2,2-3H3. The predicted octanol–water partition coefficient (Wildman–Crippen LogP) is 13.6. The maximum absolute atomic E-state index is 10.6. The van der Waals surface area contributed by atoms with Crippen LogP contribution in [0, 0.1) is 17.8 Å². The van der Waals surface area contributed by atoms with E-state index in [1.807, 2.05) is 38.1 Å². The molecule has 0 bridgehead atoms. The lowest BCUT2D eigenvalue weighted by atomic mass is 9.62. The van der Waals surface area contributed by atoms with Crippen molar-refractivity contribution in [1.82, 2.24) is 0 Å². The highest BCUT2D eigenvalue weighted by Gasteiger charge is 2.38. The van der Waals surface area contributed by atoms with Crippen LogP contribution >= 0.6 is 0 Å². The molecule has 0 aromatic heterocycles.